The van der Waals surface area contributed by atoms with Gasteiger partial charge in [0, 0.05) is 23.6 Å². The molecule has 0 aliphatic rings. The fraction of sp³-hybridized carbons (Fsp3) is 0.407. The number of nitrogen functional groups attached to an aromatic ring is 1. The largest absolute Gasteiger partial charge is 0.416 e. The number of nitriles is 1. The summed E-state index contributed by atoms with van der Waals surface area (Å²) in [4.78, 5) is 15.5. The Balaban J connectivity index is 1.70. The van der Waals surface area contributed by atoms with Crippen LogP contribution in [0.15, 0.2) is 45.7 Å². The highest BCUT2D eigenvalue weighted by Gasteiger charge is 2.36. The molecule has 0 aliphatic heterocycles. The summed E-state index contributed by atoms with van der Waals surface area (Å²) in [5, 5.41) is 17.1. The van der Waals surface area contributed by atoms with Gasteiger partial charge in [0.05, 0.1) is 29.0 Å². The summed E-state index contributed by atoms with van der Waals surface area (Å²) in [6.45, 7) is 11.6. The lowest BCUT2D eigenvalue weighted by Crippen LogP contribution is -2.41. The van der Waals surface area contributed by atoms with Crippen molar-refractivity contribution in [2.45, 2.75) is 63.3 Å². The van der Waals surface area contributed by atoms with Gasteiger partial charge in [-0.1, -0.05) is 49.6 Å². The van der Waals surface area contributed by atoms with Gasteiger partial charge < -0.3 is 19.5 Å². The number of nitrogens with two attached hydrogens (primary N) is 1. The van der Waals surface area contributed by atoms with Crippen molar-refractivity contribution < 1.29 is 18.0 Å². The molecule has 1 heterocycles. The molecule has 0 radical (unpaired) electrons. The van der Waals surface area contributed by atoms with Gasteiger partial charge in [0.25, 0.3) is 0 Å². The van der Waals surface area contributed by atoms with Crippen LogP contribution in [0.1, 0.15) is 43.4 Å². The fourth-order valence-electron chi connectivity index (χ4n) is 3.36. The van der Waals surface area contributed by atoms with E-state index in [-0.39, 0.29) is 52.8 Å². The van der Waals surface area contributed by atoms with Gasteiger partial charge in [0.1, 0.15) is 5.82 Å². The summed E-state index contributed by atoms with van der Waals surface area (Å²) in [6, 6.07) is 11.6. The van der Waals surface area contributed by atoms with Crippen LogP contribution in [0, 0.1) is 17.1 Å². The maximum absolute atomic E-state index is 14.6. The molecule has 208 valence electrons. The van der Waals surface area contributed by atoms with Crippen molar-refractivity contribution in [3.63, 3.8) is 0 Å². The normalized spacial score (nSPS) is 11.8. The molecule has 1 aromatic heterocycles. The monoisotopic (exact) mass is 589 g/mol. The minimum atomic E-state index is -1.85. The number of anilines is 1. The number of rotatable bonds is 11. The Morgan fingerprint density at radius 2 is 1.97 bits per heavy atom. The zero-order chi connectivity index (χ0) is 28.8. The first kappa shape index (κ1) is 30.6. The van der Waals surface area contributed by atoms with E-state index in [1.54, 1.807) is 0 Å². The predicted molar refractivity (Wildman–Crippen MR) is 153 cm³/mol. The van der Waals surface area contributed by atoms with Gasteiger partial charge in [0.2, 0.25) is 11.8 Å². The lowest BCUT2D eigenvalue weighted by Gasteiger charge is -2.36. The van der Waals surface area contributed by atoms with Crippen LogP contribution in [0.5, 0.6) is 0 Å². The summed E-state index contributed by atoms with van der Waals surface area (Å²) in [7, 11) is -1.85. The van der Waals surface area contributed by atoms with Crippen molar-refractivity contribution in [3.05, 3.63) is 69.8 Å². The zero-order valence-corrected chi connectivity index (χ0v) is 25.3. The number of aromatic nitrogens is 2. The number of thioether (sulfide) groups is 1. The smallest absolute Gasteiger partial charge is 0.312 e. The maximum Gasteiger partial charge on any atom is 0.312 e. The van der Waals surface area contributed by atoms with Crippen LogP contribution < -0.4 is 5.73 Å². The molecule has 0 saturated heterocycles. The second-order valence-electron chi connectivity index (χ2n) is 10.6. The summed E-state index contributed by atoms with van der Waals surface area (Å²) in [6.07, 6.45) is 0.730. The first-order valence-corrected chi connectivity index (χ1v) is 16.7. The third kappa shape index (κ3) is 8.53. The third-order valence-electron chi connectivity index (χ3n) is 6.71. The molecule has 3 rings (SSSR count). The molecule has 0 bridgehead atoms. The van der Waals surface area contributed by atoms with Crippen molar-refractivity contribution in [1.82, 2.24) is 15.1 Å². The summed E-state index contributed by atoms with van der Waals surface area (Å²) >= 11 is 7.74. The Hall–Kier alpha value is -2.91. The molecule has 0 fully saturated rings. The van der Waals surface area contributed by atoms with Crippen molar-refractivity contribution in [2.24, 2.45) is 0 Å². The van der Waals surface area contributed by atoms with Crippen LogP contribution in [0.2, 0.25) is 23.2 Å². The van der Waals surface area contributed by atoms with E-state index >= 15 is 0 Å². The lowest BCUT2D eigenvalue weighted by molar-refractivity contribution is -0.129. The molecule has 12 heteroatoms. The Kier molecular flexibility index (Phi) is 10.2. The number of benzene rings is 2. The molecule has 0 aliphatic carbocycles. The molecule has 2 N–H and O–H groups in total. The Morgan fingerprint density at radius 1 is 1.23 bits per heavy atom. The van der Waals surface area contributed by atoms with Gasteiger partial charge in [-0.05, 0) is 54.4 Å². The lowest BCUT2D eigenvalue weighted by atomic mass is 10.1. The Labute approximate surface area is 238 Å². The van der Waals surface area contributed by atoms with Crippen LogP contribution >= 0.6 is 23.4 Å². The van der Waals surface area contributed by atoms with Crippen molar-refractivity contribution >= 4 is 43.6 Å². The molecule has 3 aromatic rings. The second kappa shape index (κ2) is 13.0. The SMILES string of the molecule is CC(C)(C)[Si](C)(C)OCCc1ccc(Cl)c(SCC(=O)N(Cc2nnc(N)o2)Cc2ccc(C#N)cc2F)c1. The molecule has 0 unspecified atom stereocenters. The Morgan fingerprint density at radius 3 is 2.59 bits per heavy atom. The van der Waals surface area contributed by atoms with E-state index in [1.807, 2.05) is 24.3 Å². The molecule has 0 spiro atoms. The number of hydrogen-bond acceptors (Lipinski definition) is 8. The topological polar surface area (TPSA) is 118 Å². The third-order valence-corrected chi connectivity index (χ3v) is 12.7. The van der Waals surface area contributed by atoms with E-state index in [2.05, 4.69) is 44.1 Å². The van der Waals surface area contributed by atoms with E-state index in [1.165, 1.54) is 28.8 Å². The second-order valence-corrected chi connectivity index (χ2v) is 16.8. The molecule has 1 amide bonds. The highest BCUT2D eigenvalue weighted by molar-refractivity contribution is 8.00. The number of halogens is 2. The van der Waals surface area contributed by atoms with E-state index in [0.29, 0.717) is 11.6 Å². The van der Waals surface area contributed by atoms with Gasteiger partial charge in [-0.3, -0.25) is 4.79 Å². The van der Waals surface area contributed by atoms with Crippen LogP contribution in [-0.4, -0.2) is 41.7 Å². The van der Waals surface area contributed by atoms with Crippen LogP contribution in [0.3, 0.4) is 0 Å². The highest BCUT2D eigenvalue weighted by Crippen LogP contribution is 2.36. The number of amides is 1. The standard InChI is InChI=1S/C27H33ClFN5O3SSi/c1-27(2,3)39(4,5)36-11-10-18-7-9-21(28)23(13-18)38-17-25(35)34(16-24-32-33-26(31)37-24)15-20-8-6-19(14-30)12-22(20)29/h6-9,12-13H,10-11,15-17H2,1-5H3,(H2,31,33). The van der Waals surface area contributed by atoms with Gasteiger partial charge in [0.15, 0.2) is 8.32 Å². The van der Waals surface area contributed by atoms with Crippen molar-refractivity contribution in [2.75, 3.05) is 18.1 Å². The van der Waals surface area contributed by atoms with Crippen LogP contribution in [-0.2, 0) is 28.7 Å². The summed E-state index contributed by atoms with van der Waals surface area (Å²) in [5.41, 5.74) is 7.03. The first-order chi connectivity index (χ1) is 18.3. The van der Waals surface area contributed by atoms with Crippen LogP contribution in [0.25, 0.3) is 0 Å². The van der Waals surface area contributed by atoms with E-state index < -0.39 is 14.1 Å². The summed E-state index contributed by atoms with van der Waals surface area (Å²) < 4.78 is 26.1. The van der Waals surface area contributed by atoms with Crippen LogP contribution in [0.4, 0.5) is 10.4 Å². The molecule has 2 aromatic carbocycles. The van der Waals surface area contributed by atoms with Gasteiger partial charge in [-0.15, -0.1) is 16.9 Å². The molecule has 8 nitrogen and oxygen atoms in total. The molecular weight excluding hydrogens is 557 g/mol. The molecule has 0 saturated carbocycles. The Bertz CT molecular complexity index is 1360. The van der Waals surface area contributed by atoms with E-state index in [9.17, 15) is 9.18 Å². The quantitative estimate of drug-likeness (QED) is 0.207. The zero-order valence-electron chi connectivity index (χ0n) is 22.8. The average molecular weight is 590 g/mol. The number of hydrogen-bond donors (Lipinski definition) is 1. The highest BCUT2D eigenvalue weighted by atomic mass is 35.5. The minimum Gasteiger partial charge on any atom is -0.416 e. The van der Waals surface area contributed by atoms with Crippen molar-refractivity contribution in [3.8, 4) is 6.07 Å². The van der Waals surface area contributed by atoms with E-state index in [0.717, 1.165) is 22.9 Å². The van der Waals surface area contributed by atoms with Gasteiger partial charge in [-0.25, -0.2) is 4.39 Å². The number of nitrogens with zero attached hydrogens (tertiary/aromatic N) is 4. The fourth-order valence-corrected chi connectivity index (χ4v) is 5.59. The maximum atomic E-state index is 14.6. The first-order valence-electron chi connectivity index (χ1n) is 12.4. The van der Waals surface area contributed by atoms with Gasteiger partial charge in [-0.2, -0.15) is 5.26 Å². The summed E-state index contributed by atoms with van der Waals surface area (Å²) in [5.74, 6) is -0.698. The van der Waals surface area contributed by atoms with Crippen molar-refractivity contribution in [1.29, 1.82) is 5.26 Å². The number of carbonyl (C=O) groups is 1. The molecular formula is C27H33ClFN5O3SSi. The van der Waals surface area contributed by atoms with E-state index in [4.69, 9.17) is 31.4 Å². The average Bonchev–Trinajstić information content (AvgIpc) is 3.28. The number of carbonyl (C=O) groups excluding carboxylic acids is 1. The van der Waals surface area contributed by atoms with Gasteiger partial charge >= 0.3 is 6.01 Å². The minimum absolute atomic E-state index is 0.0468. The molecule has 0 atom stereocenters. The predicted octanol–water partition coefficient (Wildman–Crippen LogP) is 6.20. The molecule has 39 heavy (non-hydrogen) atoms.